The zero-order valence-electron chi connectivity index (χ0n) is 13.7. The van der Waals surface area contributed by atoms with E-state index in [-0.39, 0.29) is 16.6 Å². The highest BCUT2D eigenvalue weighted by atomic mass is 32.2. The number of para-hydroxylation sites is 2. The summed E-state index contributed by atoms with van der Waals surface area (Å²) in [5, 5.41) is 2.63. The number of hydrogen-bond donors (Lipinski definition) is 2. The molecule has 0 radical (unpaired) electrons. The zero-order chi connectivity index (χ0) is 19.6. The van der Waals surface area contributed by atoms with Crippen LogP contribution in [-0.2, 0) is 11.0 Å². The van der Waals surface area contributed by atoms with Gasteiger partial charge < -0.3 is 11.2 Å². The molecule has 0 atom stereocenters. The number of carbonyl (C=O) groups excluding carboxylic acids is 1. The maximum absolute atomic E-state index is 13.0. The summed E-state index contributed by atoms with van der Waals surface area (Å²) in [4.78, 5) is 28.5. The lowest BCUT2D eigenvalue weighted by Gasteiger charge is -2.13. The van der Waals surface area contributed by atoms with Crippen LogP contribution in [0.15, 0.2) is 58.5 Å². The summed E-state index contributed by atoms with van der Waals surface area (Å²) >= 11 is 0.850. The van der Waals surface area contributed by atoms with Crippen LogP contribution in [0.4, 0.5) is 18.9 Å². The van der Waals surface area contributed by atoms with E-state index >= 15 is 0 Å². The summed E-state index contributed by atoms with van der Waals surface area (Å²) in [7, 11) is 0. The van der Waals surface area contributed by atoms with Gasteiger partial charge in [0.1, 0.15) is 0 Å². The molecule has 3 aromatic rings. The van der Waals surface area contributed by atoms with E-state index in [1.807, 2.05) is 0 Å². The average Bonchev–Trinajstić information content (AvgIpc) is 2.63. The Morgan fingerprint density at radius 3 is 2.56 bits per heavy atom. The molecule has 3 N–H and O–H groups in total. The fourth-order valence-corrected chi connectivity index (χ4v) is 3.10. The van der Waals surface area contributed by atoms with Crippen molar-refractivity contribution in [3.8, 4) is 0 Å². The van der Waals surface area contributed by atoms with E-state index in [0.29, 0.717) is 10.9 Å². The molecule has 0 saturated heterocycles. The van der Waals surface area contributed by atoms with Crippen LogP contribution in [0.2, 0.25) is 0 Å². The van der Waals surface area contributed by atoms with E-state index in [0.717, 1.165) is 22.5 Å². The number of nitrogens with two attached hydrogens (primary N) is 1. The Labute approximate surface area is 155 Å². The number of aromatic nitrogens is 2. The number of fused-ring (bicyclic) bond motifs is 1. The molecule has 140 valence electrons. The molecule has 0 spiro atoms. The number of benzene rings is 2. The predicted molar refractivity (Wildman–Crippen MR) is 97.0 cm³/mol. The molecule has 1 heterocycles. The Balaban J connectivity index is 1.77. The Kier molecular flexibility index (Phi) is 5.08. The topological polar surface area (TPSA) is 90.0 Å². The van der Waals surface area contributed by atoms with Crippen LogP contribution in [0, 0.1) is 0 Å². The predicted octanol–water partition coefficient (Wildman–Crippen LogP) is 2.86. The van der Waals surface area contributed by atoms with Gasteiger partial charge in [0.2, 0.25) is 5.91 Å². The molecule has 0 unspecified atom stereocenters. The molecule has 10 heteroatoms. The minimum absolute atomic E-state index is 0.0814. The van der Waals surface area contributed by atoms with Crippen LogP contribution >= 0.6 is 11.8 Å². The lowest BCUT2D eigenvalue weighted by molar-refractivity contribution is -0.137. The van der Waals surface area contributed by atoms with E-state index in [1.54, 1.807) is 24.3 Å². The number of nitrogens with zero attached hydrogens (tertiary/aromatic N) is 2. The second-order valence-corrected chi connectivity index (χ2v) is 6.41. The first kappa shape index (κ1) is 18.8. The number of alkyl halides is 3. The third-order valence-corrected chi connectivity index (χ3v) is 4.57. The number of carbonyl (C=O) groups is 1. The number of thioether (sulfide) groups is 1. The van der Waals surface area contributed by atoms with E-state index in [9.17, 15) is 22.8 Å². The Morgan fingerprint density at radius 1 is 1.15 bits per heavy atom. The van der Waals surface area contributed by atoms with Crippen molar-refractivity contribution in [3.05, 3.63) is 64.4 Å². The van der Waals surface area contributed by atoms with Crippen molar-refractivity contribution in [3.63, 3.8) is 0 Å². The van der Waals surface area contributed by atoms with Gasteiger partial charge in [0.15, 0.2) is 5.16 Å². The number of rotatable bonds is 4. The van der Waals surface area contributed by atoms with Crippen molar-refractivity contribution in [1.29, 1.82) is 0 Å². The maximum atomic E-state index is 13.0. The monoisotopic (exact) mass is 394 g/mol. The second kappa shape index (κ2) is 7.31. The first-order chi connectivity index (χ1) is 12.8. The van der Waals surface area contributed by atoms with Crippen LogP contribution in [0.5, 0.6) is 0 Å². The Hall–Kier alpha value is -3.01. The number of amides is 1. The lowest BCUT2D eigenvalue weighted by atomic mass is 10.1. The maximum Gasteiger partial charge on any atom is 0.418 e. The van der Waals surface area contributed by atoms with Gasteiger partial charge in [0.05, 0.1) is 27.9 Å². The van der Waals surface area contributed by atoms with E-state index < -0.39 is 23.2 Å². The van der Waals surface area contributed by atoms with Gasteiger partial charge >= 0.3 is 6.18 Å². The van der Waals surface area contributed by atoms with E-state index in [4.69, 9.17) is 5.84 Å². The van der Waals surface area contributed by atoms with Gasteiger partial charge in [0.25, 0.3) is 5.56 Å². The van der Waals surface area contributed by atoms with Gasteiger partial charge in [-0.3, -0.25) is 9.59 Å². The summed E-state index contributed by atoms with van der Waals surface area (Å²) in [5.41, 5.74) is -1.35. The molecule has 0 aliphatic heterocycles. The highest BCUT2D eigenvalue weighted by Crippen LogP contribution is 2.34. The van der Waals surface area contributed by atoms with Crippen LogP contribution in [0.25, 0.3) is 10.9 Å². The normalized spacial score (nSPS) is 11.5. The minimum atomic E-state index is -4.59. The standard InChI is InChI=1S/C17H13F3N4O2S/c18-17(19,20)11-6-2-4-8-13(11)22-14(25)9-27-16-23-12-7-3-1-5-10(12)15(26)24(16)21/h1-8H,9,21H2,(H,22,25). The van der Waals surface area contributed by atoms with E-state index in [2.05, 4.69) is 10.3 Å². The molecule has 27 heavy (non-hydrogen) atoms. The summed E-state index contributed by atoms with van der Waals surface area (Å²) in [6.45, 7) is 0. The third-order valence-electron chi connectivity index (χ3n) is 3.61. The van der Waals surface area contributed by atoms with E-state index in [1.165, 1.54) is 18.2 Å². The van der Waals surface area contributed by atoms with Gasteiger partial charge in [0, 0.05) is 0 Å². The number of halogens is 3. The summed E-state index contributed by atoms with van der Waals surface area (Å²) in [6.07, 6.45) is -4.59. The third kappa shape index (κ3) is 4.05. The molecule has 0 bridgehead atoms. The molecule has 3 rings (SSSR count). The summed E-state index contributed by atoms with van der Waals surface area (Å²) < 4.78 is 39.7. The van der Waals surface area contributed by atoms with Crippen molar-refractivity contribution in [2.24, 2.45) is 0 Å². The fraction of sp³-hybridized carbons (Fsp3) is 0.118. The molecule has 0 saturated carbocycles. The van der Waals surface area contributed by atoms with Crippen LogP contribution in [0.3, 0.4) is 0 Å². The molecule has 0 fully saturated rings. The molecule has 0 aliphatic rings. The highest BCUT2D eigenvalue weighted by molar-refractivity contribution is 7.99. The number of nitrogens with one attached hydrogen (secondary N) is 1. The van der Waals surface area contributed by atoms with Gasteiger partial charge in [-0.25, -0.2) is 9.66 Å². The molecule has 1 aromatic heterocycles. The largest absolute Gasteiger partial charge is 0.418 e. The molecular formula is C17H13F3N4O2S. The van der Waals surface area contributed by atoms with Crippen molar-refractivity contribution >= 4 is 34.3 Å². The molecular weight excluding hydrogens is 381 g/mol. The van der Waals surface area contributed by atoms with Gasteiger partial charge in [-0.1, -0.05) is 36.0 Å². The van der Waals surface area contributed by atoms with Crippen LogP contribution in [-0.4, -0.2) is 21.3 Å². The average molecular weight is 394 g/mol. The smallest absolute Gasteiger partial charge is 0.334 e. The van der Waals surface area contributed by atoms with Crippen molar-refractivity contribution in [2.45, 2.75) is 11.3 Å². The first-order valence-corrected chi connectivity index (χ1v) is 8.61. The minimum Gasteiger partial charge on any atom is -0.334 e. The summed E-state index contributed by atoms with van der Waals surface area (Å²) in [5.74, 6) is 4.76. The Bertz CT molecular complexity index is 1070. The SMILES string of the molecule is Nn1c(SCC(=O)Nc2ccccc2C(F)(F)F)nc2ccccc2c1=O. The molecule has 2 aromatic carbocycles. The quantitative estimate of drug-likeness (QED) is 0.404. The van der Waals surface area contributed by atoms with Crippen molar-refractivity contribution < 1.29 is 18.0 Å². The number of nitrogen functional groups attached to an aromatic ring is 1. The summed E-state index contributed by atoms with van der Waals surface area (Å²) in [6, 6.07) is 11.2. The first-order valence-electron chi connectivity index (χ1n) is 7.63. The Morgan fingerprint density at radius 2 is 1.81 bits per heavy atom. The molecule has 6 nitrogen and oxygen atoms in total. The lowest BCUT2D eigenvalue weighted by Crippen LogP contribution is -2.30. The molecule has 0 aliphatic carbocycles. The van der Waals surface area contributed by atoms with Crippen LogP contribution < -0.4 is 16.7 Å². The fourth-order valence-electron chi connectivity index (χ4n) is 2.38. The van der Waals surface area contributed by atoms with Gasteiger partial charge in [-0.05, 0) is 24.3 Å². The number of hydrogen-bond acceptors (Lipinski definition) is 5. The van der Waals surface area contributed by atoms with Crippen LogP contribution in [0.1, 0.15) is 5.56 Å². The zero-order valence-corrected chi connectivity index (χ0v) is 14.5. The highest BCUT2D eigenvalue weighted by Gasteiger charge is 2.33. The van der Waals surface area contributed by atoms with Gasteiger partial charge in [-0.2, -0.15) is 13.2 Å². The van der Waals surface area contributed by atoms with Crippen molar-refractivity contribution in [2.75, 3.05) is 16.9 Å². The van der Waals surface area contributed by atoms with Crippen molar-refractivity contribution in [1.82, 2.24) is 9.66 Å². The molecule has 1 amide bonds. The second-order valence-electron chi connectivity index (χ2n) is 5.47. The van der Waals surface area contributed by atoms with Gasteiger partial charge in [-0.15, -0.1) is 0 Å². The number of anilines is 1.